The third kappa shape index (κ3) is 3.75. The van der Waals surface area contributed by atoms with Crippen LogP contribution in [-0.2, 0) is 10.2 Å². The van der Waals surface area contributed by atoms with Gasteiger partial charge >= 0.3 is 0 Å². The molecule has 1 saturated carbocycles. The van der Waals surface area contributed by atoms with Crippen LogP contribution in [-0.4, -0.2) is 54.9 Å². The normalized spacial score (nSPS) is 20.5. The first-order chi connectivity index (χ1) is 16.3. The molecule has 3 aliphatic rings. The van der Waals surface area contributed by atoms with Gasteiger partial charge in [0.1, 0.15) is 22.9 Å². The zero-order chi connectivity index (χ0) is 24.1. The van der Waals surface area contributed by atoms with E-state index in [1.54, 1.807) is 12.0 Å². The summed E-state index contributed by atoms with van der Waals surface area (Å²) in [5.74, 6) is -1.22. The van der Waals surface area contributed by atoms with Crippen molar-refractivity contribution in [3.05, 3.63) is 64.7 Å². The van der Waals surface area contributed by atoms with Gasteiger partial charge in [0.15, 0.2) is 0 Å². The summed E-state index contributed by atoms with van der Waals surface area (Å²) in [5, 5.41) is 0. The van der Waals surface area contributed by atoms with Gasteiger partial charge in [-0.1, -0.05) is 18.2 Å². The van der Waals surface area contributed by atoms with E-state index < -0.39 is 28.5 Å². The molecule has 7 heteroatoms. The molecular weight excluding hydrogens is 438 g/mol. The molecule has 1 aliphatic carbocycles. The maximum absolute atomic E-state index is 14.5. The number of ether oxygens (including phenoxy) is 1. The number of halogens is 2. The number of rotatable bonds is 4. The molecule has 34 heavy (non-hydrogen) atoms. The molecule has 5 rings (SSSR count). The van der Waals surface area contributed by atoms with E-state index in [2.05, 4.69) is 0 Å². The molecule has 2 aliphatic heterocycles. The van der Waals surface area contributed by atoms with Crippen molar-refractivity contribution in [2.24, 2.45) is 5.41 Å². The summed E-state index contributed by atoms with van der Waals surface area (Å²) < 4.78 is 33.9. The minimum atomic E-state index is -0.820. The molecule has 0 aromatic heterocycles. The fourth-order valence-electron chi connectivity index (χ4n) is 5.68. The van der Waals surface area contributed by atoms with Crippen LogP contribution in [0.2, 0.25) is 0 Å². The number of aryl methyl sites for hydroxylation is 1. The second kappa shape index (κ2) is 8.36. The van der Waals surface area contributed by atoms with Crippen LogP contribution in [0.3, 0.4) is 0 Å². The van der Waals surface area contributed by atoms with E-state index in [4.69, 9.17) is 4.74 Å². The zero-order valence-electron chi connectivity index (χ0n) is 19.7. The third-order valence-electron chi connectivity index (χ3n) is 8.14. The summed E-state index contributed by atoms with van der Waals surface area (Å²) in [4.78, 5) is 30.0. The first-order valence-corrected chi connectivity index (χ1v) is 12.0. The maximum atomic E-state index is 14.5. The number of hydrogen-bond donors (Lipinski definition) is 0. The minimum absolute atomic E-state index is 0.0356. The summed E-state index contributed by atoms with van der Waals surface area (Å²) >= 11 is 0. The second-order valence-electron chi connectivity index (χ2n) is 10.1. The maximum Gasteiger partial charge on any atom is 0.259 e. The SMILES string of the molecule is COc1ccc(C2(C(=O)N3CCC4(CCN(C(=O)c5c(F)ccc(C)c5F)CC4)C3)CC2)cc1. The highest BCUT2D eigenvalue weighted by atomic mass is 19.1. The molecule has 2 heterocycles. The molecule has 1 spiro atoms. The molecule has 0 atom stereocenters. The molecule has 5 nitrogen and oxygen atoms in total. The lowest BCUT2D eigenvalue weighted by atomic mass is 9.77. The number of amides is 2. The van der Waals surface area contributed by atoms with Crippen LogP contribution in [0.5, 0.6) is 5.75 Å². The average molecular weight is 469 g/mol. The summed E-state index contributed by atoms with van der Waals surface area (Å²) in [5.41, 5.74) is 0.381. The van der Waals surface area contributed by atoms with E-state index in [0.717, 1.165) is 49.5 Å². The van der Waals surface area contributed by atoms with Crippen molar-refractivity contribution < 1.29 is 23.1 Å². The summed E-state index contributed by atoms with van der Waals surface area (Å²) in [7, 11) is 1.63. The monoisotopic (exact) mass is 468 g/mol. The number of nitrogens with zero attached hydrogens (tertiary/aromatic N) is 2. The molecule has 2 saturated heterocycles. The Balaban J connectivity index is 1.24. The highest BCUT2D eigenvalue weighted by molar-refractivity contribution is 5.95. The fourth-order valence-corrected chi connectivity index (χ4v) is 5.68. The Morgan fingerprint density at radius 3 is 2.09 bits per heavy atom. The number of piperidine rings is 1. The Kier molecular flexibility index (Phi) is 5.61. The minimum Gasteiger partial charge on any atom is -0.497 e. The molecule has 2 amide bonds. The first-order valence-electron chi connectivity index (χ1n) is 12.0. The lowest BCUT2D eigenvalue weighted by Gasteiger charge is -2.39. The van der Waals surface area contributed by atoms with Crippen LogP contribution in [0.4, 0.5) is 8.78 Å². The van der Waals surface area contributed by atoms with Crippen molar-refractivity contribution in [1.29, 1.82) is 0 Å². The van der Waals surface area contributed by atoms with Gasteiger partial charge < -0.3 is 14.5 Å². The van der Waals surface area contributed by atoms with Crippen LogP contribution < -0.4 is 4.74 Å². The molecular formula is C27H30F2N2O3. The van der Waals surface area contributed by atoms with Crippen LogP contribution in [0.1, 0.15) is 53.6 Å². The van der Waals surface area contributed by atoms with E-state index in [0.29, 0.717) is 26.2 Å². The number of methoxy groups -OCH3 is 1. The topological polar surface area (TPSA) is 49.9 Å². The second-order valence-corrected chi connectivity index (χ2v) is 10.1. The molecule has 3 fully saturated rings. The highest BCUT2D eigenvalue weighted by Crippen LogP contribution is 2.52. The van der Waals surface area contributed by atoms with Crippen LogP contribution in [0.25, 0.3) is 0 Å². The number of likely N-dealkylation sites (tertiary alicyclic amines) is 2. The average Bonchev–Trinajstić information content (AvgIpc) is 3.57. The Morgan fingerprint density at radius 1 is 0.882 bits per heavy atom. The van der Waals surface area contributed by atoms with Crippen molar-refractivity contribution in [2.75, 3.05) is 33.3 Å². The zero-order valence-corrected chi connectivity index (χ0v) is 19.7. The van der Waals surface area contributed by atoms with Gasteiger partial charge in [-0.05, 0) is 73.8 Å². The van der Waals surface area contributed by atoms with Crippen LogP contribution in [0, 0.1) is 24.0 Å². The van der Waals surface area contributed by atoms with E-state index in [1.165, 1.54) is 13.0 Å². The third-order valence-corrected chi connectivity index (χ3v) is 8.14. The summed E-state index contributed by atoms with van der Waals surface area (Å²) in [6.45, 7) is 3.80. The standard InChI is InChI=1S/C27H30F2N2O3/c1-18-3-8-21(28)22(23(18)29)24(32)30-14-11-26(12-15-30)13-16-31(17-26)25(33)27(9-10-27)19-4-6-20(34-2)7-5-19/h3-8H,9-17H2,1-2H3. The number of hydrogen-bond acceptors (Lipinski definition) is 3. The molecule has 2 aromatic carbocycles. The predicted molar refractivity (Wildman–Crippen MR) is 124 cm³/mol. The number of carbonyl (C=O) groups excluding carboxylic acids is 2. The van der Waals surface area contributed by atoms with Gasteiger partial charge in [0.2, 0.25) is 5.91 Å². The van der Waals surface area contributed by atoms with Gasteiger partial charge in [0, 0.05) is 26.2 Å². The van der Waals surface area contributed by atoms with Gasteiger partial charge in [0.25, 0.3) is 5.91 Å². The van der Waals surface area contributed by atoms with Crippen molar-refractivity contribution >= 4 is 11.8 Å². The van der Waals surface area contributed by atoms with E-state index >= 15 is 0 Å². The van der Waals surface area contributed by atoms with Crippen molar-refractivity contribution in [1.82, 2.24) is 9.80 Å². The molecule has 0 radical (unpaired) electrons. The molecule has 2 aromatic rings. The number of carbonyl (C=O) groups is 2. The van der Waals surface area contributed by atoms with Gasteiger partial charge in [-0.15, -0.1) is 0 Å². The van der Waals surface area contributed by atoms with Crippen LogP contribution in [0.15, 0.2) is 36.4 Å². The highest BCUT2D eigenvalue weighted by Gasteiger charge is 2.55. The Bertz CT molecular complexity index is 1120. The smallest absolute Gasteiger partial charge is 0.259 e. The lowest BCUT2D eigenvalue weighted by Crippen LogP contribution is -2.46. The fraction of sp³-hybridized carbons (Fsp3) is 0.481. The molecule has 180 valence electrons. The van der Waals surface area contributed by atoms with Crippen molar-refractivity contribution in [3.8, 4) is 5.75 Å². The molecule has 0 bridgehead atoms. The van der Waals surface area contributed by atoms with Crippen molar-refractivity contribution in [3.63, 3.8) is 0 Å². The van der Waals surface area contributed by atoms with Crippen LogP contribution >= 0.6 is 0 Å². The van der Waals surface area contributed by atoms with E-state index in [-0.39, 0.29) is 16.9 Å². The van der Waals surface area contributed by atoms with Gasteiger partial charge in [-0.25, -0.2) is 8.78 Å². The van der Waals surface area contributed by atoms with Gasteiger partial charge in [-0.3, -0.25) is 9.59 Å². The van der Waals surface area contributed by atoms with Gasteiger partial charge in [-0.2, -0.15) is 0 Å². The lowest BCUT2D eigenvalue weighted by molar-refractivity contribution is -0.133. The Labute approximate surface area is 198 Å². The van der Waals surface area contributed by atoms with E-state index in [9.17, 15) is 18.4 Å². The molecule has 0 unspecified atom stereocenters. The Morgan fingerprint density at radius 2 is 1.50 bits per heavy atom. The quantitative estimate of drug-likeness (QED) is 0.666. The van der Waals surface area contributed by atoms with E-state index in [1.807, 2.05) is 29.2 Å². The number of benzene rings is 2. The summed E-state index contributed by atoms with van der Waals surface area (Å²) in [6, 6.07) is 10.3. The summed E-state index contributed by atoms with van der Waals surface area (Å²) in [6.07, 6.45) is 4.07. The molecule has 0 N–H and O–H groups in total. The van der Waals surface area contributed by atoms with Gasteiger partial charge in [0.05, 0.1) is 12.5 Å². The van der Waals surface area contributed by atoms with Crippen molar-refractivity contribution in [2.45, 2.75) is 44.4 Å². The Hall–Kier alpha value is -2.96. The first kappa shape index (κ1) is 22.8. The largest absolute Gasteiger partial charge is 0.497 e. The predicted octanol–water partition coefficient (Wildman–Crippen LogP) is 4.47.